The highest BCUT2D eigenvalue weighted by Gasteiger charge is 2.67. The third kappa shape index (κ3) is 5.18. The van der Waals surface area contributed by atoms with Crippen LogP contribution in [-0.4, -0.2) is 16.1 Å². The topological polar surface area (TPSA) is 84.2 Å². The molecule has 0 aromatic heterocycles. The van der Waals surface area contributed by atoms with Crippen LogP contribution in [0, 0.1) is 5.92 Å². The molecule has 1 aliphatic rings. The number of carbonyl (C=O) groups is 2. The Hall–Kier alpha value is -2.15. The standard InChI is InChI=1S/C23H16Cl5N3O2/c24-12-7-11(8-13(25)9-12)19-20(23(19,27)28)22(33)31-16-5-6-18(26)17(10-16)21(32)30-15-3-1-14(29)2-4-15/h1-10,19-20H,29H2,(H,30,32)(H,31,33). The van der Waals surface area contributed by atoms with Crippen LogP contribution in [0.2, 0.25) is 15.1 Å². The van der Waals surface area contributed by atoms with Gasteiger partial charge in [-0.1, -0.05) is 34.8 Å². The normalized spacial score (nSPS) is 18.5. The van der Waals surface area contributed by atoms with Crippen LogP contribution in [0.5, 0.6) is 0 Å². The van der Waals surface area contributed by atoms with E-state index in [1.54, 1.807) is 48.5 Å². The summed E-state index contributed by atoms with van der Waals surface area (Å²) in [6, 6.07) is 16.2. The Labute approximate surface area is 215 Å². The molecule has 0 radical (unpaired) electrons. The molecule has 2 amide bonds. The van der Waals surface area contributed by atoms with Crippen molar-refractivity contribution in [3.8, 4) is 0 Å². The number of alkyl halides is 2. The van der Waals surface area contributed by atoms with Crippen molar-refractivity contribution in [2.75, 3.05) is 16.4 Å². The van der Waals surface area contributed by atoms with Gasteiger partial charge in [-0.2, -0.15) is 0 Å². The lowest BCUT2D eigenvalue weighted by Crippen LogP contribution is -2.18. The molecule has 4 N–H and O–H groups in total. The Morgan fingerprint density at radius 1 is 0.818 bits per heavy atom. The van der Waals surface area contributed by atoms with Gasteiger partial charge in [0.05, 0.1) is 16.5 Å². The summed E-state index contributed by atoms with van der Waals surface area (Å²) in [5.41, 5.74) is 8.00. The summed E-state index contributed by atoms with van der Waals surface area (Å²) >= 11 is 31.2. The van der Waals surface area contributed by atoms with Crippen molar-refractivity contribution < 1.29 is 9.59 Å². The Balaban J connectivity index is 1.50. The lowest BCUT2D eigenvalue weighted by molar-refractivity contribution is -0.117. The molecule has 1 saturated carbocycles. The third-order valence-electron chi connectivity index (χ3n) is 5.23. The molecular formula is C23H16Cl5N3O2. The molecular weight excluding hydrogens is 528 g/mol. The van der Waals surface area contributed by atoms with Crippen molar-refractivity contribution in [2.45, 2.75) is 10.3 Å². The molecule has 5 nitrogen and oxygen atoms in total. The van der Waals surface area contributed by atoms with Crippen molar-refractivity contribution >= 4 is 86.9 Å². The molecule has 3 aromatic carbocycles. The second kappa shape index (κ2) is 9.24. The van der Waals surface area contributed by atoms with Gasteiger partial charge in [0.1, 0.15) is 4.33 Å². The molecule has 3 aromatic rings. The average molecular weight is 544 g/mol. The van der Waals surface area contributed by atoms with E-state index in [4.69, 9.17) is 63.7 Å². The molecule has 170 valence electrons. The number of amides is 2. The van der Waals surface area contributed by atoms with Crippen LogP contribution in [0.15, 0.2) is 60.7 Å². The largest absolute Gasteiger partial charge is 0.399 e. The molecule has 1 fully saturated rings. The first kappa shape index (κ1) is 24.0. The number of nitrogens with one attached hydrogen (secondary N) is 2. The van der Waals surface area contributed by atoms with Gasteiger partial charge in [0.15, 0.2) is 0 Å². The molecule has 1 aliphatic carbocycles. The molecule has 2 unspecified atom stereocenters. The number of rotatable bonds is 5. The van der Waals surface area contributed by atoms with Gasteiger partial charge < -0.3 is 16.4 Å². The molecule has 0 saturated heterocycles. The van der Waals surface area contributed by atoms with Gasteiger partial charge in [-0.3, -0.25) is 9.59 Å². The van der Waals surface area contributed by atoms with Gasteiger partial charge in [0, 0.05) is 33.0 Å². The van der Waals surface area contributed by atoms with Crippen molar-refractivity contribution in [1.82, 2.24) is 0 Å². The smallest absolute Gasteiger partial charge is 0.257 e. The quantitative estimate of drug-likeness (QED) is 0.239. The monoisotopic (exact) mass is 541 g/mol. The van der Waals surface area contributed by atoms with Crippen LogP contribution in [0.4, 0.5) is 17.1 Å². The minimum absolute atomic E-state index is 0.184. The summed E-state index contributed by atoms with van der Waals surface area (Å²) in [7, 11) is 0. The van der Waals surface area contributed by atoms with Crippen molar-refractivity contribution in [3.05, 3.63) is 86.9 Å². The number of benzene rings is 3. The summed E-state index contributed by atoms with van der Waals surface area (Å²) in [5.74, 6) is -2.08. The molecule has 10 heteroatoms. The molecule has 0 heterocycles. The first-order valence-electron chi connectivity index (χ1n) is 9.67. The number of anilines is 3. The van der Waals surface area contributed by atoms with Crippen LogP contribution >= 0.6 is 58.0 Å². The number of hydrogen-bond acceptors (Lipinski definition) is 3. The Morgan fingerprint density at radius 2 is 1.42 bits per heavy atom. The van der Waals surface area contributed by atoms with Gasteiger partial charge in [-0.25, -0.2) is 0 Å². The van der Waals surface area contributed by atoms with E-state index in [9.17, 15) is 9.59 Å². The fourth-order valence-electron chi connectivity index (χ4n) is 3.58. The Morgan fingerprint density at radius 3 is 2.06 bits per heavy atom. The van der Waals surface area contributed by atoms with E-state index in [0.717, 1.165) is 0 Å². The highest BCUT2D eigenvalue weighted by molar-refractivity contribution is 6.53. The zero-order chi connectivity index (χ0) is 23.9. The number of nitrogens with two attached hydrogens (primary N) is 1. The van der Waals surface area contributed by atoms with Crippen LogP contribution < -0.4 is 16.4 Å². The summed E-state index contributed by atoms with van der Waals surface area (Å²) in [6.07, 6.45) is 0. The maximum Gasteiger partial charge on any atom is 0.257 e. The second-order valence-electron chi connectivity index (χ2n) is 7.59. The second-order valence-corrected chi connectivity index (χ2v) is 10.3. The van der Waals surface area contributed by atoms with Crippen LogP contribution in [0.3, 0.4) is 0 Å². The van der Waals surface area contributed by atoms with E-state index in [0.29, 0.717) is 32.7 Å². The lowest BCUT2D eigenvalue weighted by Gasteiger charge is -2.10. The van der Waals surface area contributed by atoms with E-state index in [1.165, 1.54) is 12.1 Å². The van der Waals surface area contributed by atoms with E-state index < -0.39 is 28.0 Å². The zero-order valence-corrected chi connectivity index (χ0v) is 20.5. The lowest BCUT2D eigenvalue weighted by atomic mass is 10.1. The van der Waals surface area contributed by atoms with Gasteiger partial charge in [0.25, 0.3) is 5.91 Å². The van der Waals surface area contributed by atoms with Crippen molar-refractivity contribution in [1.29, 1.82) is 0 Å². The molecule has 2 atom stereocenters. The predicted octanol–water partition coefficient (Wildman–Crippen LogP) is 7.01. The maximum absolute atomic E-state index is 12.9. The molecule has 0 bridgehead atoms. The fraction of sp³-hybridized carbons (Fsp3) is 0.130. The number of hydrogen-bond donors (Lipinski definition) is 3. The minimum Gasteiger partial charge on any atom is -0.399 e. The molecule has 0 aliphatic heterocycles. The highest BCUT2D eigenvalue weighted by Crippen LogP contribution is 2.65. The fourth-order valence-corrected chi connectivity index (χ4v) is 5.16. The zero-order valence-electron chi connectivity index (χ0n) is 16.7. The Kier molecular flexibility index (Phi) is 6.72. The summed E-state index contributed by atoms with van der Waals surface area (Å²) in [4.78, 5) is 25.6. The highest BCUT2D eigenvalue weighted by atomic mass is 35.5. The van der Waals surface area contributed by atoms with Crippen LogP contribution in [0.25, 0.3) is 0 Å². The van der Waals surface area contributed by atoms with Crippen LogP contribution in [-0.2, 0) is 4.79 Å². The number of halogens is 5. The summed E-state index contributed by atoms with van der Waals surface area (Å²) in [6.45, 7) is 0. The van der Waals surface area contributed by atoms with E-state index in [1.807, 2.05) is 0 Å². The van der Waals surface area contributed by atoms with Crippen molar-refractivity contribution in [2.24, 2.45) is 5.92 Å². The third-order valence-corrected chi connectivity index (χ3v) is 6.93. The van der Waals surface area contributed by atoms with Crippen molar-refractivity contribution in [3.63, 3.8) is 0 Å². The molecule has 4 rings (SSSR count). The average Bonchev–Trinajstić information content (AvgIpc) is 3.32. The first-order chi connectivity index (χ1) is 15.6. The predicted molar refractivity (Wildman–Crippen MR) is 136 cm³/mol. The van der Waals surface area contributed by atoms with E-state index in [2.05, 4.69) is 10.6 Å². The summed E-state index contributed by atoms with van der Waals surface area (Å²) < 4.78 is -1.32. The van der Waals surface area contributed by atoms with Crippen LogP contribution in [0.1, 0.15) is 21.8 Å². The van der Waals surface area contributed by atoms with Gasteiger partial charge in [0.2, 0.25) is 5.91 Å². The van der Waals surface area contributed by atoms with Gasteiger partial charge in [-0.15, -0.1) is 23.2 Å². The Bertz CT molecular complexity index is 1230. The maximum atomic E-state index is 12.9. The van der Waals surface area contributed by atoms with E-state index in [-0.39, 0.29) is 10.6 Å². The minimum atomic E-state index is -1.32. The SMILES string of the molecule is Nc1ccc(NC(=O)c2cc(NC(=O)C3C(c4cc(Cl)cc(Cl)c4)C3(Cl)Cl)ccc2Cl)cc1. The first-order valence-corrected chi connectivity index (χ1v) is 11.6. The number of carbonyl (C=O) groups excluding carboxylic acids is 2. The number of nitrogen functional groups attached to an aromatic ring is 1. The van der Waals surface area contributed by atoms with Gasteiger partial charge in [-0.05, 0) is 66.2 Å². The molecule has 33 heavy (non-hydrogen) atoms. The van der Waals surface area contributed by atoms with E-state index >= 15 is 0 Å². The van der Waals surface area contributed by atoms with Gasteiger partial charge >= 0.3 is 0 Å². The molecule has 0 spiro atoms. The summed E-state index contributed by atoms with van der Waals surface area (Å²) in [5, 5.41) is 6.55.